The molecule has 1 amide bonds. The van der Waals surface area contributed by atoms with Crippen molar-refractivity contribution in [2.24, 2.45) is 0 Å². The van der Waals surface area contributed by atoms with Crippen molar-refractivity contribution in [1.82, 2.24) is 4.90 Å². The molecule has 5 heteroatoms. The summed E-state index contributed by atoms with van der Waals surface area (Å²) in [5.74, 6) is -1.26. The predicted octanol–water partition coefficient (Wildman–Crippen LogP) is 2.16. The summed E-state index contributed by atoms with van der Waals surface area (Å²) in [6, 6.07) is 6.91. The van der Waals surface area contributed by atoms with Crippen LogP contribution in [0.25, 0.3) is 0 Å². The monoisotopic (exact) mass is 279 g/mol. The molecule has 0 aliphatic rings. The van der Waals surface area contributed by atoms with Gasteiger partial charge in [0.05, 0.1) is 6.61 Å². The number of carbonyl (C=O) groups excluding carboxylic acids is 1. The molecular formula is C15H21NO4. The fraction of sp³-hybridized carbons (Fsp3) is 0.467. The van der Waals surface area contributed by atoms with Gasteiger partial charge in [-0.15, -0.1) is 0 Å². The highest BCUT2D eigenvalue weighted by atomic mass is 16.5. The van der Waals surface area contributed by atoms with Crippen LogP contribution in [0, 0.1) is 0 Å². The Bertz CT molecular complexity index is 455. The minimum absolute atomic E-state index is 0.114. The van der Waals surface area contributed by atoms with Crippen LogP contribution in [0.2, 0.25) is 0 Å². The van der Waals surface area contributed by atoms with Crippen molar-refractivity contribution in [2.75, 3.05) is 13.7 Å². The Morgan fingerprint density at radius 3 is 2.35 bits per heavy atom. The van der Waals surface area contributed by atoms with Gasteiger partial charge in [-0.25, -0.2) is 0 Å². The number of rotatable bonds is 7. The fourth-order valence-electron chi connectivity index (χ4n) is 1.87. The Morgan fingerprint density at radius 1 is 1.30 bits per heavy atom. The Hall–Kier alpha value is -1.88. The van der Waals surface area contributed by atoms with Gasteiger partial charge in [0.2, 0.25) is 0 Å². The minimum Gasteiger partial charge on any atom is -0.480 e. The maximum absolute atomic E-state index is 12.4. The van der Waals surface area contributed by atoms with Crippen LogP contribution in [-0.2, 0) is 16.1 Å². The van der Waals surface area contributed by atoms with Crippen molar-refractivity contribution in [3.05, 3.63) is 35.4 Å². The minimum atomic E-state index is -1.00. The zero-order chi connectivity index (χ0) is 15.1. The lowest BCUT2D eigenvalue weighted by Gasteiger charge is -2.27. The summed E-state index contributed by atoms with van der Waals surface area (Å²) in [6.45, 7) is 3.97. The van der Waals surface area contributed by atoms with Crippen molar-refractivity contribution in [3.63, 3.8) is 0 Å². The highest BCUT2D eigenvalue weighted by molar-refractivity contribution is 5.96. The Balaban J connectivity index is 2.90. The van der Waals surface area contributed by atoms with Gasteiger partial charge < -0.3 is 14.7 Å². The largest absolute Gasteiger partial charge is 0.480 e. The number of carbonyl (C=O) groups is 2. The van der Waals surface area contributed by atoms with Crippen molar-refractivity contribution >= 4 is 11.9 Å². The Morgan fingerprint density at radius 2 is 1.90 bits per heavy atom. The zero-order valence-corrected chi connectivity index (χ0v) is 12.1. The van der Waals surface area contributed by atoms with Gasteiger partial charge in [-0.05, 0) is 31.0 Å². The van der Waals surface area contributed by atoms with E-state index in [1.165, 1.54) is 4.90 Å². The normalized spacial score (nSPS) is 11.9. The van der Waals surface area contributed by atoms with Gasteiger partial charge in [-0.3, -0.25) is 9.59 Å². The van der Waals surface area contributed by atoms with E-state index in [2.05, 4.69) is 0 Å². The first-order valence-corrected chi connectivity index (χ1v) is 6.60. The van der Waals surface area contributed by atoms with Gasteiger partial charge >= 0.3 is 5.97 Å². The first-order valence-electron chi connectivity index (χ1n) is 6.60. The lowest BCUT2D eigenvalue weighted by molar-refractivity contribution is -0.138. The van der Waals surface area contributed by atoms with Gasteiger partial charge in [0.1, 0.15) is 6.54 Å². The number of nitrogens with zero attached hydrogens (tertiary/aromatic N) is 1. The Labute approximate surface area is 119 Å². The third-order valence-corrected chi connectivity index (χ3v) is 3.20. The summed E-state index contributed by atoms with van der Waals surface area (Å²) < 4.78 is 5.01. The summed E-state index contributed by atoms with van der Waals surface area (Å²) in [6.07, 6.45) is 0.709. The summed E-state index contributed by atoms with van der Waals surface area (Å²) in [7, 11) is 1.61. The molecular weight excluding hydrogens is 258 g/mol. The van der Waals surface area contributed by atoms with E-state index in [9.17, 15) is 9.59 Å². The van der Waals surface area contributed by atoms with E-state index in [0.717, 1.165) is 5.56 Å². The molecule has 0 saturated heterocycles. The summed E-state index contributed by atoms with van der Waals surface area (Å²) in [5.41, 5.74) is 1.46. The number of amides is 1. The van der Waals surface area contributed by atoms with E-state index in [1.54, 1.807) is 19.2 Å². The van der Waals surface area contributed by atoms with Gasteiger partial charge in [0.25, 0.3) is 5.91 Å². The quantitative estimate of drug-likeness (QED) is 0.830. The molecule has 0 aliphatic heterocycles. The lowest BCUT2D eigenvalue weighted by Crippen LogP contribution is -2.41. The molecule has 0 radical (unpaired) electrons. The van der Waals surface area contributed by atoms with E-state index >= 15 is 0 Å². The van der Waals surface area contributed by atoms with Crippen LogP contribution in [0.1, 0.15) is 36.2 Å². The molecule has 1 N–H and O–H groups in total. The van der Waals surface area contributed by atoms with Crippen molar-refractivity contribution < 1.29 is 19.4 Å². The van der Waals surface area contributed by atoms with E-state index < -0.39 is 5.97 Å². The maximum Gasteiger partial charge on any atom is 0.323 e. The number of hydrogen-bond donors (Lipinski definition) is 1. The summed E-state index contributed by atoms with van der Waals surface area (Å²) >= 11 is 0. The van der Waals surface area contributed by atoms with Crippen LogP contribution in [0.5, 0.6) is 0 Å². The smallest absolute Gasteiger partial charge is 0.323 e. The van der Waals surface area contributed by atoms with Crippen LogP contribution in [0.3, 0.4) is 0 Å². The molecule has 0 bridgehead atoms. The molecule has 1 aromatic carbocycles. The van der Waals surface area contributed by atoms with Gasteiger partial charge in [-0.2, -0.15) is 0 Å². The number of carboxylic acids is 1. The van der Waals surface area contributed by atoms with Gasteiger partial charge in [-0.1, -0.05) is 19.1 Å². The van der Waals surface area contributed by atoms with Crippen LogP contribution in [0.4, 0.5) is 0 Å². The van der Waals surface area contributed by atoms with Gasteiger partial charge in [0.15, 0.2) is 0 Å². The number of methoxy groups -OCH3 is 1. The molecule has 0 saturated carbocycles. The van der Waals surface area contributed by atoms with E-state index in [0.29, 0.717) is 18.6 Å². The maximum atomic E-state index is 12.4. The molecule has 0 fully saturated rings. The average Bonchev–Trinajstić information content (AvgIpc) is 2.44. The molecule has 1 aromatic rings. The zero-order valence-electron chi connectivity index (χ0n) is 12.1. The topological polar surface area (TPSA) is 66.8 Å². The highest BCUT2D eigenvalue weighted by Crippen LogP contribution is 2.12. The number of benzene rings is 1. The Kier molecular flexibility index (Phi) is 6.18. The first-order chi connectivity index (χ1) is 9.49. The van der Waals surface area contributed by atoms with Crippen LogP contribution < -0.4 is 0 Å². The van der Waals surface area contributed by atoms with E-state index in [1.807, 2.05) is 26.0 Å². The van der Waals surface area contributed by atoms with Crippen molar-refractivity contribution in [3.8, 4) is 0 Å². The fourth-order valence-corrected chi connectivity index (χ4v) is 1.87. The second kappa shape index (κ2) is 7.65. The predicted molar refractivity (Wildman–Crippen MR) is 75.6 cm³/mol. The summed E-state index contributed by atoms with van der Waals surface area (Å²) in [4.78, 5) is 24.7. The van der Waals surface area contributed by atoms with E-state index in [4.69, 9.17) is 9.84 Å². The highest BCUT2D eigenvalue weighted by Gasteiger charge is 2.22. The SMILES string of the molecule is CCC(C)N(CC(=O)O)C(=O)c1ccc(COC)cc1. The standard InChI is InChI=1S/C15H21NO4/c1-4-11(2)16(9-14(17)18)15(19)13-7-5-12(6-8-13)10-20-3/h5-8,11H,4,9-10H2,1-3H3,(H,17,18). The van der Waals surface area contributed by atoms with Crippen molar-refractivity contribution in [1.29, 1.82) is 0 Å². The van der Waals surface area contributed by atoms with Gasteiger partial charge in [0, 0.05) is 18.7 Å². The van der Waals surface area contributed by atoms with Crippen molar-refractivity contribution in [2.45, 2.75) is 32.9 Å². The molecule has 1 atom stereocenters. The van der Waals surface area contributed by atoms with Crippen LogP contribution in [0.15, 0.2) is 24.3 Å². The molecule has 5 nitrogen and oxygen atoms in total. The number of carboxylic acid groups (broad SMARTS) is 1. The number of aliphatic carboxylic acids is 1. The average molecular weight is 279 g/mol. The third kappa shape index (κ3) is 4.35. The number of ether oxygens (including phenoxy) is 1. The lowest BCUT2D eigenvalue weighted by atomic mass is 10.1. The second-order valence-corrected chi connectivity index (χ2v) is 4.71. The van der Waals surface area contributed by atoms with Crippen LogP contribution >= 0.6 is 0 Å². The van der Waals surface area contributed by atoms with Crippen LogP contribution in [-0.4, -0.2) is 41.6 Å². The molecule has 1 rings (SSSR count). The molecule has 0 aromatic heterocycles. The molecule has 110 valence electrons. The molecule has 20 heavy (non-hydrogen) atoms. The molecule has 0 heterocycles. The summed E-state index contributed by atoms with van der Waals surface area (Å²) in [5, 5.41) is 8.93. The molecule has 0 aliphatic carbocycles. The first kappa shape index (κ1) is 16.2. The number of hydrogen-bond acceptors (Lipinski definition) is 3. The molecule has 1 unspecified atom stereocenters. The second-order valence-electron chi connectivity index (χ2n) is 4.71. The molecule has 0 spiro atoms. The third-order valence-electron chi connectivity index (χ3n) is 3.20. The van der Waals surface area contributed by atoms with E-state index in [-0.39, 0.29) is 18.5 Å².